The molecule has 0 aliphatic rings. The number of aliphatic hydroxyl groups excluding tert-OH is 1. The maximum absolute atomic E-state index is 11.6. The van der Waals surface area contributed by atoms with Crippen molar-refractivity contribution in [3.8, 4) is 0 Å². The Morgan fingerprint density at radius 2 is 2.07 bits per heavy atom. The van der Waals surface area contributed by atoms with Crippen LogP contribution in [0.25, 0.3) is 0 Å². The average molecular weight is 217 g/mol. The second kappa shape index (κ2) is 7.62. The van der Waals surface area contributed by atoms with Crippen LogP contribution in [0.4, 0.5) is 0 Å². The van der Waals surface area contributed by atoms with E-state index in [1.165, 1.54) is 0 Å². The molecule has 0 bridgehead atoms. The van der Waals surface area contributed by atoms with E-state index >= 15 is 0 Å². The molecule has 0 aliphatic heterocycles. The van der Waals surface area contributed by atoms with E-state index in [2.05, 4.69) is 5.43 Å². The first kappa shape index (κ1) is 14.3. The Morgan fingerprint density at radius 3 is 2.40 bits per heavy atom. The van der Waals surface area contributed by atoms with Gasteiger partial charge in [0, 0.05) is 6.54 Å². The maximum Gasteiger partial charge on any atom is 0.251 e. The maximum atomic E-state index is 11.6. The van der Waals surface area contributed by atoms with E-state index in [-0.39, 0.29) is 24.5 Å². The Labute approximate surface area is 91.6 Å². The number of hydrogen-bond acceptors (Lipinski definition) is 4. The summed E-state index contributed by atoms with van der Waals surface area (Å²) in [5.41, 5.74) is 2.18. The van der Waals surface area contributed by atoms with Crippen molar-refractivity contribution >= 4 is 5.91 Å². The summed E-state index contributed by atoms with van der Waals surface area (Å²) in [5, 5.41) is 8.94. The summed E-state index contributed by atoms with van der Waals surface area (Å²) in [7, 11) is 0. The summed E-state index contributed by atoms with van der Waals surface area (Å²) >= 11 is 0. The molecule has 90 valence electrons. The zero-order chi connectivity index (χ0) is 11.8. The van der Waals surface area contributed by atoms with Gasteiger partial charge in [0.25, 0.3) is 5.91 Å². The summed E-state index contributed by atoms with van der Waals surface area (Å²) in [5.74, 6) is 5.14. The molecule has 0 aromatic heterocycles. The molecule has 1 amide bonds. The van der Waals surface area contributed by atoms with Gasteiger partial charge in [0.2, 0.25) is 0 Å². The van der Waals surface area contributed by atoms with Crippen LogP contribution in [0.15, 0.2) is 0 Å². The molecular formula is C10H23N3O2. The first-order chi connectivity index (χ1) is 7.08. The van der Waals surface area contributed by atoms with Crippen molar-refractivity contribution in [2.45, 2.75) is 33.2 Å². The van der Waals surface area contributed by atoms with Crippen molar-refractivity contribution in [2.75, 3.05) is 19.7 Å². The van der Waals surface area contributed by atoms with E-state index in [0.29, 0.717) is 6.54 Å². The second-order valence-corrected chi connectivity index (χ2v) is 3.96. The SMILES string of the molecule is CCCN(CCO)C(C(=O)NN)C(C)C. The van der Waals surface area contributed by atoms with Crippen LogP contribution < -0.4 is 11.3 Å². The number of aliphatic hydroxyl groups is 1. The summed E-state index contributed by atoms with van der Waals surface area (Å²) in [6, 6.07) is -0.262. The van der Waals surface area contributed by atoms with Crippen molar-refractivity contribution in [1.29, 1.82) is 0 Å². The predicted molar refractivity (Wildman–Crippen MR) is 59.9 cm³/mol. The third-order valence-electron chi connectivity index (χ3n) is 2.33. The van der Waals surface area contributed by atoms with Crippen LogP contribution in [0.2, 0.25) is 0 Å². The van der Waals surface area contributed by atoms with Crippen LogP contribution >= 0.6 is 0 Å². The fourth-order valence-corrected chi connectivity index (χ4v) is 1.78. The zero-order valence-corrected chi connectivity index (χ0v) is 9.86. The van der Waals surface area contributed by atoms with Crippen LogP contribution in [0.5, 0.6) is 0 Å². The number of amides is 1. The van der Waals surface area contributed by atoms with Crippen LogP contribution in [0.3, 0.4) is 0 Å². The largest absolute Gasteiger partial charge is 0.395 e. The van der Waals surface area contributed by atoms with E-state index in [1.807, 2.05) is 25.7 Å². The van der Waals surface area contributed by atoms with Gasteiger partial charge in [-0.15, -0.1) is 0 Å². The monoisotopic (exact) mass is 217 g/mol. The lowest BCUT2D eigenvalue weighted by molar-refractivity contribution is -0.128. The van der Waals surface area contributed by atoms with E-state index in [0.717, 1.165) is 13.0 Å². The Kier molecular flexibility index (Phi) is 7.29. The Hall–Kier alpha value is -0.650. The lowest BCUT2D eigenvalue weighted by atomic mass is 10.0. The molecule has 0 aromatic carbocycles. The number of nitrogens with one attached hydrogen (secondary N) is 1. The molecule has 0 saturated heterocycles. The van der Waals surface area contributed by atoms with Crippen LogP contribution in [-0.2, 0) is 4.79 Å². The van der Waals surface area contributed by atoms with Crippen LogP contribution in [0.1, 0.15) is 27.2 Å². The van der Waals surface area contributed by atoms with Gasteiger partial charge >= 0.3 is 0 Å². The van der Waals surface area contributed by atoms with Crippen molar-refractivity contribution in [1.82, 2.24) is 10.3 Å². The molecular weight excluding hydrogens is 194 g/mol. The van der Waals surface area contributed by atoms with Gasteiger partial charge in [0.1, 0.15) is 0 Å². The van der Waals surface area contributed by atoms with Gasteiger partial charge in [-0.2, -0.15) is 0 Å². The molecule has 0 aromatic rings. The van der Waals surface area contributed by atoms with Gasteiger partial charge in [-0.3, -0.25) is 15.1 Å². The molecule has 0 rings (SSSR count). The van der Waals surface area contributed by atoms with E-state index in [1.54, 1.807) is 0 Å². The van der Waals surface area contributed by atoms with Gasteiger partial charge in [0.05, 0.1) is 12.6 Å². The van der Waals surface area contributed by atoms with E-state index in [4.69, 9.17) is 10.9 Å². The fraction of sp³-hybridized carbons (Fsp3) is 0.900. The molecule has 0 aliphatic carbocycles. The van der Waals surface area contributed by atoms with Crippen molar-refractivity contribution < 1.29 is 9.90 Å². The minimum atomic E-state index is -0.262. The average Bonchev–Trinajstić information content (AvgIpc) is 2.18. The number of nitrogens with two attached hydrogens (primary N) is 1. The van der Waals surface area contributed by atoms with Crippen LogP contribution in [0, 0.1) is 5.92 Å². The van der Waals surface area contributed by atoms with Gasteiger partial charge in [-0.1, -0.05) is 20.8 Å². The number of carbonyl (C=O) groups is 1. The normalized spacial score (nSPS) is 13.3. The highest BCUT2D eigenvalue weighted by Gasteiger charge is 2.27. The Bertz CT molecular complexity index is 180. The second-order valence-electron chi connectivity index (χ2n) is 3.96. The number of hydrazine groups is 1. The molecule has 1 unspecified atom stereocenters. The Morgan fingerprint density at radius 1 is 1.47 bits per heavy atom. The van der Waals surface area contributed by atoms with E-state index < -0.39 is 0 Å². The minimum Gasteiger partial charge on any atom is -0.395 e. The summed E-state index contributed by atoms with van der Waals surface area (Å²) < 4.78 is 0. The van der Waals surface area contributed by atoms with Gasteiger partial charge in [-0.05, 0) is 18.9 Å². The Balaban J connectivity index is 4.58. The molecule has 0 saturated carbocycles. The van der Waals surface area contributed by atoms with Crippen LogP contribution in [-0.4, -0.2) is 41.7 Å². The molecule has 0 fully saturated rings. The first-order valence-electron chi connectivity index (χ1n) is 5.43. The van der Waals surface area contributed by atoms with Crippen molar-refractivity contribution in [3.63, 3.8) is 0 Å². The molecule has 4 N–H and O–H groups in total. The predicted octanol–water partition coefficient (Wildman–Crippen LogP) is -0.295. The molecule has 5 nitrogen and oxygen atoms in total. The highest BCUT2D eigenvalue weighted by molar-refractivity contribution is 5.81. The number of carbonyl (C=O) groups excluding carboxylic acids is 1. The van der Waals surface area contributed by atoms with Gasteiger partial charge in [0.15, 0.2) is 0 Å². The highest BCUT2D eigenvalue weighted by atomic mass is 16.3. The fourth-order valence-electron chi connectivity index (χ4n) is 1.78. The highest BCUT2D eigenvalue weighted by Crippen LogP contribution is 2.11. The zero-order valence-electron chi connectivity index (χ0n) is 9.86. The molecule has 0 spiro atoms. The lowest BCUT2D eigenvalue weighted by Gasteiger charge is -2.32. The van der Waals surface area contributed by atoms with Gasteiger partial charge < -0.3 is 5.11 Å². The molecule has 15 heavy (non-hydrogen) atoms. The number of nitrogens with zero attached hydrogens (tertiary/aromatic N) is 1. The molecule has 5 heteroatoms. The smallest absolute Gasteiger partial charge is 0.251 e. The third kappa shape index (κ3) is 4.59. The molecule has 0 radical (unpaired) electrons. The molecule has 0 heterocycles. The number of hydrogen-bond donors (Lipinski definition) is 3. The summed E-state index contributed by atoms with van der Waals surface area (Å²) in [4.78, 5) is 13.6. The molecule has 1 atom stereocenters. The summed E-state index contributed by atoms with van der Waals surface area (Å²) in [6.07, 6.45) is 0.946. The number of rotatable bonds is 7. The van der Waals surface area contributed by atoms with Crippen molar-refractivity contribution in [3.05, 3.63) is 0 Å². The minimum absolute atomic E-state index is 0.0566. The summed E-state index contributed by atoms with van der Waals surface area (Å²) in [6.45, 7) is 7.34. The standard InChI is InChI=1S/C10H23N3O2/c1-4-5-13(6-7-14)9(8(2)3)10(15)12-11/h8-9,14H,4-7,11H2,1-3H3,(H,12,15). The van der Waals surface area contributed by atoms with Crippen molar-refractivity contribution in [2.24, 2.45) is 11.8 Å². The topological polar surface area (TPSA) is 78.6 Å². The first-order valence-corrected chi connectivity index (χ1v) is 5.43. The van der Waals surface area contributed by atoms with E-state index in [9.17, 15) is 4.79 Å². The van der Waals surface area contributed by atoms with Gasteiger partial charge in [-0.25, -0.2) is 5.84 Å². The third-order valence-corrected chi connectivity index (χ3v) is 2.33. The quantitative estimate of drug-likeness (QED) is 0.311. The lowest BCUT2D eigenvalue weighted by Crippen LogP contribution is -2.52.